The second-order valence-corrected chi connectivity index (χ2v) is 5.52. The summed E-state index contributed by atoms with van der Waals surface area (Å²) in [6, 6.07) is 1.99. The summed E-state index contributed by atoms with van der Waals surface area (Å²) in [5.74, 6) is 0.978. The summed E-state index contributed by atoms with van der Waals surface area (Å²) in [7, 11) is 0. The Morgan fingerprint density at radius 3 is 3.14 bits per heavy atom. The molecular weight excluding hydrogens is 268 g/mol. The van der Waals surface area contributed by atoms with Gasteiger partial charge in [0.15, 0.2) is 0 Å². The first-order valence-corrected chi connectivity index (χ1v) is 7.44. The van der Waals surface area contributed by atoms with Gasteiger partial charge in [0, 0.05) is 30.9 Å². The minimum absolute atomic E-state index is 0.0369. The molecule has 1 fully saturated rings. The van der Waals surface area contributed by atoms with Crippen molar-refractivity contribution in [1.82, 2.24) is 20.3 Å². The van der Waals surface area contributed by atoms with Crippen LogP contribution in [-0.2, 0) is 6.42 Å². The molecule has 3 rings (SSSR count). The maximum absolute atomic E-state index is 12.8. The Morgan fingerprint density at radius 2 is 2.43 bits per heavy atom. The van der Waals surface area contributed by atoms with Crippen molar-refractivity contribution in [3.05, 3.63) is 35.0 Å². The smallest absolute Gasteiger partial charge is 0.259 e. The number of likely N-dealkylation sites (tertiary alicyclic amines) is 1. The number of nitrogens with one attached hydrogen (secondary N) is 1. The first kappa shape index (κ1) is 13.9. The lowest BCUT2D eigenvalue weighted by atomic mass is 9.94. The summed E-state index contributed by atoms with van der Waals surface area (Å²) < 4.78 is 5.18. The van der Waals surface area contributed by atoms with Gasteiger partial charge in [0.2, 0.25) is 0 Å². The minimum atomic E-state index is 0.0369. The summed E-state index contributed by atoms with van der Waals surface area (Å²) in [6.45, 7) is 5.29. The molecule has 2 aromatic rings. The molecule has 1 saturated heterocycles. The molecule has 112 valence electrons. The van der Waals surface area contributed by atoms with Crippen LogP contribution >= 0.6 is 0 Å². The van der Waals surface area contributed by atoms with Gasteiger partial charge in [-0.25, -0.2) is 0 Å². The maximum Gasteiger partial charge on any atom is 0.259 e. The highest BCUT2D eigenvalue weighted by molar-refractivity contribution is 5.96. The number of hydrogen-bond acceptors (Lipinski definition) is 4. The van der Waals surface area contributed by atoms with Crippen LogP contribution in [0.5, 0.6) is 0 Å². The molecule has 0 aromatic carbocycles. The van der Waals surface area contributed by atoms with Gasteiger partial charge >= 0.3 is 0 Å². The molecule has 0 unspecified atom stereocenters. The van der Waals surface area contributed by atoms with E-state index in [0.717, 1.165) is 37.3 Å². The number of carbonyl (C=O) groups excluding carboxylic acids is 1. The second kappa shape index (κ2) is 5.71. The van der Waals surface area contributed by atoms with Crippen LogP contribution in [0.2, 0.25) is 0 Å². The highest BCUT2D eigenvalue weighted by Gasteiger charge is 2.29. The molecule has 0 spiro atoms. The Morgan fingerprint density at radius 1 is 1.57 bits per heavy atom. The van der Waals surface area contributed by atoms with E-state index in [2.05, 4.69) is 15.4 Å². The van der Waals surface area contributed by atoms with Gasteiger partial charge in [-0.1, -0.05) is 12.1 Å². The molecule has 6 heteroatoms. The summed E-state index contributed by atoms with van der Waals surface area (Å²) in [6.07, 6.45) is 4.54. The summed E-state index contributed by atoms with van der Waals surface area (Å²) in [5, 5.41) is 11.0. The normalized spacial score (nSPS) is 19.0. The number of carbonyl (C=O) groups is 1. The zero-order valence-electron chi connectivity index (χ0n) is 12.4. The molecule has 1 N–H and O–H groups in total. The predicted octanol–water partition coefficient (Wildman–Crippen LogP) is 2.29. The van der Waals surface area contributed by atoms with E-state index in [-0.39, 0.29) is 5.91 Å². The summed E-state index contributed by atoms with van der Waals surface area (Å²) in [5.41, 5.74) is 2.49. The first-order valence-electron chi connectivity index (χ1n) is 7.44. The van der Waals surface area contributed by atoms with Crippen molar-refractivity contribution in [3.63, 3.8) is 0 Å². The van der Waals surface area contributed by atoms with E-state index in [1.54, 1.807) is 13.1 Å². The van der Waals surface area contributed by atoms with E-state index in [0.29, 0.717) is 23.7 Å². The molecule has 2 aromatic heterocycles. The van der Waals surface area contributed by atoms with Crippen molar-refractivity contribution < 1.29 is 9.32 Å². The standard InChI is InChI=1S/C15H20N4O2/c1-3-12-14(10(2)21-18-12)15(20)19-8-4-5-11(9-19)13-6-7-16-17-13/h6-7,11H,3-5,8-9H2,1-2H3,(H,16,17)/t11-/m1/s1. The second-order valence-electron chi connectivity index (χ2n) is 5.52. The third-order valence-electron chi connectivity index (χ3n) is 4.15. The van der Waals surface area contributed by atoms with Crippen LogP contribution in [0.15, 0.2) is 16.8 Å². The molecule has 0 aliphatic carbocycles. The van der Waals surface area contributed by atoms with Crippen LogP contribution in [0.3, 0.4) is 0 Å². The van der Waals surface area contributed by atoms with E-state index >= 15 is 0 Å². The van der Waals surface area contributed by atoms with Gasteiger partial charge in [0.1, 0.15) is 11.3 Å². The van der Waals surface area contributed by atoms with Gasteiger partial charge in [0.25, 0.3) is 5.91 Å². The topological polar surface area (TPSA) is 75.0 Å². The number of aromatic nitrogens is 3. The highest BCUT2D eigenvalue weighted by Crippen LogP contribution is 2.27. The van der Waals surface area contributed by atoms with E-state index in [1.807, 2.05) is 17.9 Å². The Hall–Kier alpha value is -2.11. The first-order chi connectivity index (χ1) is 10.2. The molecule has 0 radical (unpaired) electrons. The Labute approximate surface area is 123 Å². The number of nitrogens with zero attached hydrogens (tertiary/aromatic N) is 3. The van der Waals surface area contributed by atoms with Gasteiger partial charge < -0.3 is 9.42 Å². The molecule has 1 aliphatic heterocycles. The largest absolute Gasteiger partial charge is 0.361 e. The molecule has 3 heterocycles. The van der Waals surface area contributed by atoms with Crippen LogP contribution < -0.4 is 0 Å². The zero-order valence-corrected chi connectivity index (χ0v) is 12.4. The lowest BCUT2D eigenvalue weighted by molar-refractivity contribution is 0.0703. The molecule has 0 bridgehead atoms. The van der Waals surface area contributed by atoms with Crippen molar-refractivity contribution in [2.24, 2.45) is 0 Å². The summed E-state index contributed by atoms with van der Waals surface area (Å²) >= 11 is 0. The monoisotopic (exact) mass is 288 g/mol. The molecular formula is C15H20N4O2. The Balaban J connectivity index is 1.80. The van der Waals surface area contributed by atoms with E-state index < -0.39 is 0 Å². The third kappa shape index (κ3) is 2.57. The molecule has 21 heavy (non-hydrogen) atoms. The SMILES string of the molecule is CCc1noc(C)c1C(=O)N1CCC[C@@H](c2ccn[nH]2)C1. The number of amides is 1. The zero-order chi connectivity index (χ0) is 14.8. The fourth-order valence-corrected chi connectivity index (χ4v) is 3.00. The van der Waals surface area contributed by atoms with Crippen molar-refractivity contribution >= 4 is 5.91 Å². The fraction of sp³-hybridized carbons (Fsp3) is 0.533. The third-order valence-corrected chi connectivity index (χ3v) is 4.15. The maximum atomic E-state index is 12.8. The number of H-pyrrole nitrogens is 1. The van der Waals surface area contributed by atoms with Crippen LogP contribution in [0, 0.1) is 6.92 Å². The van der Waals surface area contributed by atoms with Gasteiger partial charge in [-0.15, -0.1) is 0 Å². The number of piperidine rings is 1. The molecule has 6 nitrogen and oxygen atoms in total. The fourth-order valence-electron chi connectivity index (χ4n) is 3.00. The average molecular weight is 288 g/mol. The quantitative estimate of drug-likeness (QED) is 0.940. The van der Waals surface area contributed by atoms with Crippen LogP contribution in [0.25, 0.3) is 0 Å². The van der Waals surface area contributed by atoms with E-state index in [4.69, 9.17) is 4.52 Å². The van der Waals surface area contributed by atoms with Crippen molar-refractivity contribution in [2.45, 2.75) is 39.0 Å². The van der Waals surface area contributed by atoms with Crippen molar-refractivity contribution in [3.8, 4) is 0 Å². The molecule has 1 amide bonds. The predicted molar refractivity (Wildman–Crippen MR) is 77.1 cm³/mol. The number of rotatable bonds is 3. The summed E-state index contributed by atoms with van der Waals surface area (Å²) in [4.78, 5) is 14.7. The van der Waals surface area contributed by atoms with E-state index in [9.17, 15) is 4.79 Å². The average Bonchev–Trinajstić information content (AvgIpc) is 3.16. The lowest BCUT2D eigenvalue weighted by Crippen LogP contribution is -2.39. The van der Waals surface area contributed by atoms with Crippen molar-refractivity contribution in [1.29, 1.82) is 0 Å². The van der Waals surface area contributed by atoms with Gasteiger partial charge in [-0.3, -0.25) is 9.89 Å². The van der Waals surface area contributed by atoms with Crippen LogP contribution in [-0.4, -0.2) is 39.3 Å². The van der Waals surface area contributed by atoms with Crippen molar-refractivity contribution in [2.75, 3.05) is 13.1 Å². The van der Waals surface area contributed by atoms with Crippen LogP contribution in [0.4, 0.5) is 0 Å². The lowest BCUT2D eigenvalue weighted by Gasteiger charge is -2.32. The highest BCUT2D eigenvalue weighted by atomic mass is 16.5. The van der Waals surface area contributed by atoms with Crippen LogP contribution in [0.1, 0.15) is 53.2 Å². The number of aryl methyl sites for hydroxylation is 2. The molecule has 1 atom stereocenters. The molecule has 0 saturated carbocycles. The Kier molecular flexibility index (Phi) is 3.77. The van der Waals surface area contributed by atoms with Gasteiger partial charge in [0.05, 0.1) is 5.69 Å². The minimum Gasteiger partial charge on any atom is -0.361 e. The van der Waals surface area contributed by atoms with Gasteiger partial charge in [-0.05, 0) is 32.3 Å². The van der Waals surface area contributed by atoms with Gasteiger partial charge in [-0.2, -0.15) is 5.10 Å². The molecule has 1 aliphatic rings. The number of hydrogen-bond donors (Lipinski definition) is 1. The Bertz CT molecular complexity index is 618. The number of aromatic amines is 1. The van der Waals surface area contributed by atoms with E-state index in [1.165, 1.54) is 0 Å².